The molecule has 13 heteroatoms. The van der Waals surface area contributed by atoms with Gasteiger partial charge in [0.05, 0.1) is 17.1 Å². The maximum Gasteiger partial charge on any atom is 0.323 e. The van der Waals surface area contributed by atoms with Gasteiger partial charge in [-0.15, -0.1) is 0 Å². The zero-order valence-electron chi connectivity index (χ0n) is 23.4. The third-order valence-corrected chi connectivity index (χ3v) is 8.64. The second-order valence-corrected chi connectivity index (χ2v) is 12.9. The van der Waals surface area contributed by atoms with E-state index >= 15 is 4.39 Å². The van der Waals surface area contributed by atoms with Gasteiger partial charge in [-0.25, -0.2) is 12.8 Å². The topological polar surface area (TPSA) is 152 Å². The van der Waals surface area contributed by atoms with Gasteiger partial charge in [-0.2, -0.15) is 4.72 Å². The van der Waals surface area contributed by atoms with Gasteiger partial charge in [0.2, 0.25) is 10.0 Å². The fourth-order valence-corrected chi connectivity index (χ4v) is 6.51. The van der Waals surface area contributed by atoms with Gasteiger partial charge in [-0.3, -0.25) is 14.6 Å². The Morgan fingerprint density at radius 1 is 1.17 bits per heavy atom. The number of anilines is 1. The number of aliphatic imine (C=N–C) groups is 1. The van der Waals surface area contributed by atoms with Crippen molar-refractivity contribution in [2.45, 2.75) is 56.0 Å². The second kappa shape index (κ2) is 12.4. The van der Waals surface area contributed by atoms with Gasteiger partial charge < -0.3 is 26.0 Å². The lowest BCUT2D eigenvalue weighted by atomic mass is 9.87. The van der Waals surface area contributed by atoms with Crippen LogP contribution in [0.25, 0.3) is 0 Å². The first-order chi connectivity index (χ1) is 19.3. The molecule has 1 saturated heterocycles. The van der Waals surface area contributed by atoms with Crippen LogP contribution in [-0.4, -0.2) is 76.2 Å². The van der Waals surface area contributed by atoms with Crippen molar-refractivity contribution in [3.63, 3.8) is 0 Å². The first-order valence-electron chi connectivity index (χ1n) is 13.6. The van der Waals surface area contributed by atoms with E-state index in [0.29, 0.717) is 24.3 Å². The number of carboxylic acids is 1. The minimum absolute atomic E-state index is 0.00167. The predicted octanol–water partition coefficient (Wildman–Crippen LogP) is 1.80. The lowest BCUT2D eigenvalue weighted by molar-refractivity contribution is -0.138. The molecule has 4 rings (SSSR count). The van der Waals surface area contributed by atoms with Crippen LogP contribution in [-0.2, 0) is 20.2 Å². The van der Waals surface area contributed by atoms with Crippen LogP contribution in [0.15, 0.2) is 52.4 Å². The Bertz CT molecular complexity index is 1420. The zero-order chi connectivity index (χ0) is 29.8. The SMILES string of the molecule is CC(C)(C)c1ccccc1S(=O)(=O)N[C@@H](CNC(=O)c1ccc(N2CCC(NC3=NCCN3)CC2)c(F)c1)C(=O)O. The van der Waals surface area contributed by atoms with E-state index in [4.69, 9.17) is 0 Å². The predicted molar refractivity (Wildman–Crippen MR) is 154 cm³/mol. The summed E-state index contributed by atoms with van der Waals surface area (Å²) in [6.07, 6.45) is 1.60. The minimum Gasteiger partial charge on any atom is -0.480 e. The highest BCUT2D eigenvalue weighted by Gasteiger charge is 2.30. The van der Waals surface area contributed by atoms with E-state index in [0.717, 1.165) is 38.0 Å². The van der Waals surface area contributed by atoms with E-state index in [9.17, 15) is 23.1 Å². The van der Waals surface area contributed by atoms with E-state index in [2.05, 4.69) is 25.7 Å². The molecule has 1 fully saturated rings. The Kier molecular flexibility index (Phi) is 9.17. The van der Waals surface area contributed by atoms with Crippen molar-refractivity contribution < 1.29 is 27.5 Å². The van der Waals surface area contributed by atoms with Gasteiger partial charge in [-0.1, -0.05) is 39.0 Å². The van der Waals surface area contributed by atoms with Crippen molar-refractivity contribution >= 4 is 33.5 Å². The summed E-state index contributed by atoms with van der Waals surface area (Å²) in [5.41, 5.74) is 0.393. The summed E-state index contributed by atoms with van der Waals surface area (Å²) in [6, 6.07) is 9.05. The number of nitrogens with zero attached hydrogens (tertiary/aromatic N) is 2. The molecule has 0 unspecified atom stereocenters. The molecule has 0 bridgehead atoms. The number of nitrogens with one attached hydrogen (secondary N) is 4. The molecule has 0 aromatic heterocycles. The number of hydrogen-bond acceptors (Lipinski definition) is 8. The number of aliphatic carboxylic acids is 1. The van der Waals surface area contributed by atoms with Gasteiger partial charge in [0.15, 0.2) is 5.96 Å². The molecule has 41 heavy (non-hydrogen) atoms. The number of amides is 1. The van der Waals surface area contributed by atoms with Crippen LogP contribution in [0.3, 0.4) is 0 Å². The summed E-state index contributed by atoms with van der Waals surface area (Å²) in [4.78, 5) is 30.9. The Balaban J connectivity index is 1.36. The normalized spacial score (nSPS) is 17.0. The molecule has 0 saturated carbocycles. The molecule has 1 atom stereocenters. The van der Waals surface area contributed by atoms with Crippen molar-refractivity contribution in [2.75, 3.05) is 37.6 Å². The Morgan fingerprint density at radius 3 is 2.49 bits per heavy atom. The maximum absolute atomic E-state index is 15.0. The Morgan fingerprint density at radius 2 is 1.88 bits per heavy atom. The number of rotatable bonds is 9. The van der Waals surface area contributed by atoms with Crippen LogP contribution >= 0.6 is 0 Å². The van der Waals surface area contributed by atoms with Gasteiger partial charge in [0.1, 0.15) is 11.9 Å². The molecule has 11 nitrogen and oxygen atoms in total. The van der Waals surface area contributed by atoms with E-state index in [1.807, 2.05) is 25.7 Å². The van der Waals surface area contributed by atoms with Crippen molar-refractivity contribution in [1.82, 2.24) is 20.7 Å². The second-order valence-electron chi connectivity index (χ2n) is 11.2. The highest BCUT2D eigenvalue weighted by molar-refractivity contribution is 7.89. The summed E-state index contributed by atoms with van der Waals surface area (Å²) in [7, 11) is -4.23. The number of benzene rings is 2. The summed E-state index contributed by atoms with van der Waals surface area (Å²) in [5.74, 6) is -1.95. The van der Waals surface area contributed by atoms with Crippen molar-refractivity contribution in [3.8, 4) is 0 Å². The fourth-order valence-electron chi connectivity index (χ4n) is 4.90. The number of hydrogen-bond donors (Lipinski definition) is 5. The molecule has 0 aliphatic carbocycles. The summed E-state index contributed by atoms with van der Waals surface area (Å²) >= 11 is 0. The van der Waals surface area contributed by atoms with Crippen LogP contribution in [0, 0.1) is 5.82 Å². The number of piperidine rings is 1. The Labute approximate surface area is 239 Å². The van der Waals surface area contributed by atoms with E-state index in [1.54, 1.807) is 18.2 Å². The third kappa shape index (κ3) is 7.53. The number of carboxylic acid groups (broad SMARTS) is 1. The largest absolute Gasteiger partial charge is 0.480 e. The van der Waals surface area contributed by atoms with Crippen molar-refractivity contribution in [1.29, 1.82) is 0 Å². The molecule has 2 aromatic rings. The van der Waals surface area contributed by atoms with E-state index in [-0.39, 0.29) is 16.5 Å². The summed E-state index contributed by atoms with van der Waals surface area (Å²) < 4.78 is 43.4. The van der Waals surface area contributed by atoms with E-state index in [1.165, 1.54) is 18.2 Å². The third-order valence-electron chi connectivity index (χ3n) is 7.11. The van der Waals surface area contributed by atoms with Crippen LogP contribution in [0.1, 0.15) is 49.5 Å². The number of sulfonamides is 1. The molecular weight excluding hydrogens is 551 g/mol. The molecule has 2 aliphatic rings. The van der Waals surface area contributed by atoms with Crippen LogP contribution in [0.2, 0.25) is 0 Å². The molecule has 2 aromatic carbocycles. The van der Waals surface area contributed by atoms with Crippen LogP contribution in [0.4, 0.5) is 10.1 Å². The molecular formula is C28H37FN6O5S. The quantitative estimate of drug-likeness (QED) is 0.298. The molecule has 0 radical (unpaired) electrons. The fraction of sp³-hybridized carbons (Fsp3) is 0.464. The Hall–Kier alpha value is -3.71. The molecule has 1 amide bonds. The molecule has 222 valence electrons. The van der Waals surface area contributed by atoms with Crippen LogP contribution in [0.5, 0.6) is 0 Å². The van der Waals surface area contributed by atoms with Crippen molar-refractivity contribution in [3.05, 3.63) is 59.4 Å². The summed E-state index contributed by atoms with van der Waals surface area (Å²) in [5, 5.41) is 18.6. The van der Waals surface area contributed by atoms with Gasteiger partial charge in [0, 0.05) is 37.8 Å². The van der Waals surface area contributed by atoms with Gasteiger partial charge >= 0.3 is 5.97 Å². The lowest BCUT2D eigenvalue weighted by Gasteiger charge is -2.34. The average molecular weight is 589 g/mol. The highest BCUT2D eigenvalue weighted by atomic mass is 32.2. The lowest BCUT2D eigenvalue weighted by Crippen LogP contribution is -2.48. The van der Waals surface area contributed by atoms with Gasteiger partial charge in [0.25, 0.3) is 5.91 Å². The minimum atomic E-state index is -4.23. The van der Waals surface area contributed by atoms with Crippen molar-refractivity contribution in [2.24, 2.45) is 4.99 Å². The molecule has 2 aliphatic heterocycles. The molecule has 0 spiro atoms. The first-order valence-corrected chi connectivity index (χ1v) is 15.1. The smallest absolute Gasteiger partial charge is 0.323 e. The van der Waals surface area contributed by atoms with Gasteiger partial charge in [-0.05, 0) is 48.1 Å². The van der Waals surface area contributed by atoms with Crippen LogP contribution < -0.4 is 25.6 Å². The number of carbonyl (C=O) groups excluding carboxylic acids is 1. The maximum atomic E-state index is 15.0. The van der Waals surface area contributed by atoms with E-state index < -0.39 is 45.7 Å². The summed E-state index contributed by atoms with van der Waals surface area (Å²) in [6.45, 7) is 7.86. The average Bonchev–Trinajstić information content (AvgIpc) is 3.44. The molecule has 5 N–H and O–H groups in total. The number of carbonyl (C=O) groups is 2. The number of guanidine groups is 1. The molecule has 2 heterocycles. The highest BCUT2D eigenvalue weighted by Crippen LogP contribution is 2.29. The zero-order valence-corrected chi connectivity index (χ0v) is 24.2. The first kappa shape index (κ1) is 30.3. The number of halogens is 1. The standard InChI is InChI=1S/C28H37FN6O5S/c1-28(2,3)20-6-4-5-7-24(20)41(39,40)34-22(26(37)38)17-32-25(36)18-8-9-23(21(29)16-18)35-14-10-19(11-15-35)33-27-30-12-13-31-27/h4-9,16,19,22,34H,10-15,17H2,1-3H3,(H,32,36)(H,37,38)(H2,30,31,33)/t22-/m0/s1. The monoisotopic (exact) mass is 588 g/mol.